The molecule has 1 aliphatic heterocycles. The third-order valence-electron chi connectivity index (χ3n) is 4.68. The van der Waals surface area contributed by atoms with Gasteiger partial charge in [0.1, 0.15) is 16.4 Å². The van der Waals surface area contributed by atoms with Crippen LogP contribution in [0.5, 0.6) is 11.5 Å². The maximum absolute atomic E-state index is 13.0. The number of hydrogen-bond acceptors (Lipinski definition) is 5. The third kappa shape index (κ3) is 4.30. The van der Waals surface area contributed by atoms with E-state index in [1.54, 1.807) is 29.2 Å². The van der Waals surface area contributed by atoms with Crippen molar-refractivity contribution in [1.29, 1.82) is 0 Å². The van der Waals surface area contributed by atoms with Crippen LogP contribution in [0.15, 0.2) is 41.3 Å². The molecule has 29 heavy (non-hydrogen) atoms. The Kier molecular flexibility index (Phi) is 6.58. The smallest absolute Gasteiger partial charge is 0.257 e. The Balaban J connectivity index is 1.78. The fourth-order valence-corrected chi connectivity index (χ4v) is 5.65. The summed E-state index contributed by atoms with van der Waals surface area (Å²) in [4.78, 5) is 14.4. The monoisotopic (exact) mass is 458 g/mol. The second-order valence-corrected chi connectivity index (χ2v) is 9.00. The van der Waals surface area contributed by atoms with Crippen molar-refractivity contribution < 1.29 is 22.7 Å². The topological polar surface area (TPSA) is 76.2 Å². The lowest BCUT2D eigenvalue weighted by Crippen LogP contribution is -2.50. The van der Waals surface area contributed by atoms with Gasteiger partial charge in [-0.15, -0.1) is 0 Å². The van der Waals surface area contributed by atoms with E-state index in [1.807, 2.05) is 0 Å². The van der Waals surface area contributed by atoms with Crippen LogP contribution in [-0.4, -0.2) is 63.9 Å². The van der Waals surface area contributed by atoms with Gasteiger partial charge in [0.15, 0.2) is 0 Å². The first-order valence-electron chi connectivity index (χ1n) is 8.75. The molecule has 1 fully saturated rings. The molecule has 0 bridgehead atoms. The Bertz CT molecular complexity index is 1000. The fraction of sp³-hybridized carbons (Fsp3) is 0.316. The highest BCUT2D eigenvalue weighted by molar-refractivity contribution is 7.89. The molecule has 156 valence electrons. The third-order valence-corrected chi connectivity index (χ3v) is 7.53. The number of methoxy groups -OCH3 is 2. The zero-order valence-electron chi connectivity index (χ0n) is 15.9. The lowest BCUT2D eigenvalue weighted by atomic mass is 10.1. The van der Waals surface area contributed by atoms with Crippen molar-refractivity contribution in [3.63, 3.8) is 0 Å². The van der Waals surface area contributed by atoms with Crippen LogP contribution in [0.25, 0.3) is 0 Å². The van der Waals surface area contributed by atoms with E-state index in [0.717, 1.165) is 0 Å². The average molecular weight is 459 g/mol. The Hall–Kier alpha value is -2.00. The summed E-state index contributed by atoms with van der Waals surface area (Å²) in [6.45, 7) is 0.699. The van der Waals surface area contributed by atoms with E-state index in [4.69, 9.17) is 32.7 Å². The van der Waals surface area contributed by atoms with E-state index < -0.39 is 10.0 Å². The predicted octanol–water partition coefficient (Wildman–Crippen LogP) is 3.16. The van der Waals surface area contributed by atoms with E-state index in [2.05, 4.69) is 0 Å². The molecule has 0 aliphatic carbocycles. The summed E-state index contributed by atoms with van der Waals surface area (Å²) in [6.07, 6.45) is 0. The fourth-order valence-electron chi connectivity index (χ4n) is 3.14. The van der Waals surface area contributed by atoms with Gasteiger partial charge in [0, 0.05) is 26.2 Å². The van der Waals surface area contributed by atoms with Crippen LogP contribution in [0.2, 0.25) is 10.0 Å². The van der Waals surface area contributed by atoms with E-state index in [-0.39, 0.29) is 47.0 Å². The lowest BCUT2D eigenvalue weighted by molar-refractivity contribution is 0.0694. The second-order valence-electron chi connectivity index (χ2n) is 6.31. The Morgan fingerprint density at radius 1 is 0.966 bits per heavy atom. The summed E-state index contributed by atoms with van der Waals surface area (Å²) >= 11 is 12.1. The molecule has 0 atom stereocenters. The molecule has 1 heterocycles. The van der Waals surface area contributed by atoms with Crippen molar-refractivity contribution in [1.82, 2.24) is 9.21 Å². The largest absolute Gasteiger partial charge is 0.497 e. The number of carbonyl (C=O) groups is 1. The highest BCUT2D eigenvalue weighted by atomic mass is 35.5. The number of nitrogens with zero attached hydrogens (tertiary/aromatic N) is 2. The Morgan fingerprint density at radius 2 is 1.59 bits per heavy atom. The number of hydrogen-bond donors (Lipinski definition) is 0. The summed E-state index contributed by atoms with van der Waals surface area (Å²) < 4.78 is 37.7. The number of rotatable bonds is 5. The number of piperazine rings is 1. The predicted molar refractivity (Wildman–Crippen MR) is 111 cm³/mol. The number of sulfonamides is 1. The van der Waals surface area contributed by atoms with Gasteiger partial charge >= 0.3 is 0 Å². The van der Waals surface area contributed by atoms with Crippen LogP contribution in [0.1, 0.15) is 10.4 Å². The van der Waals surface area contributed by atoms with Crippen molar-refractivity contribution in [2.24, 2.45) is 0 Å². The number of carbonyl (C=O) groups excluding carboxylic acids is 1. The minimum atomic E-state index is -3.87. The van der Waals surface area contributed by atoms with Crippen LogP contribution in [-0.2, 0) is 10.0 Å². The molecule has 0 unspecified atom stereocenters. The minimum Gasteiger partial charge on any atom is -0.497 e. The van der Waals surface area contributed by atoms with Gasteiger partial charge in [-0.3, -0.25) is 4.79 Å². The van der Waals surface area contributed by atoms with Gasteiger partial charge in [-0.2, -0.15) is 4.31 Å². The normalized spacial score (nSPS) is 15.2. The van der Waals surface area contributed by atoms with Crippen LogP contribution in [0.4, 0.5) is 0 Å². The first-order valence-corrected chi connectivity index (χ1v) is 10.9. The van der Waals surface area contributed by atoms with E-state index >= 15 is 0 Å². The Morgan fingerprint density at radius 3 is 2.14 bits per heavy atom. The maximum atomic E-state index is 13.0. The Labute approximate surface area is 179 Å². The van der Waals surface area contributed by atoms with Crippen LogP contribution >= 0.6 is 23.2 Å². The molecule has 0 aromatic heterocycles. The molecule has 2 aromatic carbocycles. The molecule has 7 nitrogen and oxygen atoms in total. The van der Waals surface area contributed by atoms with Crippen LogP contribution in [0, 0.1) is 0 Å². The van der Waals surface area contributed by atoms with Gasteiger partial charge in [0.25, 0.3) is 5.91 Å². The van der Waals surface area contributed by atoms with Crippen LogP contribution < -0.4 is 9.47 Å². The first kappa shape index (κ1) is 21.7. The molecule has 0 N–H and O–H groups in total. The number of ether oxygens (including phenoxy) is 2. The zero-order chi connectivity index (χ0) is 21.2. The van der Waals surface area contributed by atoms with Gasteiger partial charge in [-0.25, -0.2) is 8.42 Å². The maximum Gasteiger partial charge on any atom is 0.257 e. The number of amides is 1. The standard InChI is InChI=1S/C19H20Cl2N2O5S/c1-27-13-6-7-17(28-2)14(12-13)19(24)22-8-10-23(11-9-22)29(25,26)18-15(20)4-3-5-16(18)21/h3-7,12H,8-11H2,1-2H3. The molecule has 2 aromatic rings. The highest BCUT2D eigenvalue weighted by Gasteiger charge is 2.33. The quantitative estimate of drug-likeness (QED) is 0.687. The summed E-state index contributed by atoms with van der Waals surface area (Å²) in [7, 11) is -0.878. The summed E-state index contributed by atoms with van der Waals surface area (Å²) in [6, 6.07) is 9.51. The highest BCUT2D eigenvalue weighted by Crippen LogP contribution is 2.32. The second kappa shape index (κ2) is 8.79. The molecule has 1 saturated heterocycles. The molecule has 3 rings (SSSR count). The molecular formula is C19H20Cl2N2O5S. The van der Waals surface area contributed by atoms with Crippen molar-refractivity contribution >= 4 is 39.1 Å². The van der Waals surface area contributed by atoms with Crippen molar-refractivity contribution in [3.05, 3.63) is 52.0 Å². The number of halogens is 2. The van der Waals surface area contributed by atoms with Gasteiger partial charge in [0.05, 0.1) is 29.8 Å². The molecule has 1 amide bonds. The minimum absolute atomic E-state index is 0.0668. The summed E-state index contributed by atoms with van der Waals surface area (Å²) in [5.74, 6) is 0.700. The van der Waals surface area contributed by atoms with Gasteiger partial charge in [0.2, 0.25) is 10.0 Å². The van der Waals surface area contributed by atoms with Crippen molar-refractivity contribution in [3.8, 4) is 11.5 Å². The van der Waals surface area contributed by atoms with Gasteiger partial charge in [-0.1, -0.05) is 29.3 Å². The SMILES string of the molecule is COc1ccc(OC)c(C(=O)N2CCN(S(=O)(=O)c3c(Cl)cccc3Cl)CC2)c1. The molecule has 0 radical (unpaired) electrons. The summed E-state index contributed by atoms with van der Waals surface area (Å²) in [5.41, 5.74) is 0.359. The van der Waals surface area contributed by atoms with E-state index in [9.17, 15) is 13.2 Å². The summed E-state index contributed by atoms with van der Waals surface area (Å²) in [5, 5.41) is 0.134. The van der Waals surface area contributed by atoms with E-state index in [1.165, 1.54) is 30.7 Å². The van der Waals surface area contributed by atoms with Crippen molar-refractivity contribution in [2.45, 2.75) is 4.90 Å². The molecule has 1 aliphatic rings. The van der Waals surface area contributed by atoms with E-state index in [0.29, 0.717) is 17.1 Å². The van der Waals surface area contributed by atoms with Gasteiger partial charge < -0.3 is 14.4 Å². The number of benzene rings is 2. The first-order chi connectivity index (χ1) is 13.8. The van der Waals surface area contributed by atoms with Gasteiger partial charge in [-0.05, 0) is 30.3 Å². The van der Waals surface area contributed by atoms with Crippen molar-refractivity contribution in [2.75, 3.05) is 40.4 Å². The molecule has 0 spiro atoms. The lowest BCUT2D eigenvalue weighted by Gasteiger charge is -2.34. The molecule has 0 saturated carbocycles. The zero-order valence-corrected chi connectivity index (χ0v) is 18.2. The molecule has 10 heteroatoms. The van der Waals surface area contributed by atoms with Crippen LogP contribution in [0.3, 0.4) is 0 Å². The molecular weight excluding hydrogens is 439 g/mol. The average Bonchev–Trinajstić information content (AvgIpc) is 2.72.